The third kappa shape index (κ3) is 3.69. The fraction of sp³-hybridized carbons (Fsp3) is 0.688. The molecule has 0 radical (unpaired) electrons. The molecule has 3 nitrogen and oxygen atoms in total. The average Bonchev–Trinajstić information content (AvgIpc) is 2.45. The van der Waals surface area contributed by atoms with Crippen LogP contribution in [0.4, 0.5) is 10.2 Å². The fourth-order valence-corrected chi connectivity index (χ4v) is 2.98. The molecule has 4 heteroatoms. The number of hydrogen-bond donors (Lipinski definition) is 1. The lowest BCUT2D eigenvalue weighted by atomic mass is 9.86. The molecule has 1 N–H and O–H groups in total. The number of nitrogens with zero attached hydrogens (tertiary/aromatic N) is 2. The van der Waals surface area contributed by atoms with Crippen LogP contribution < -0.4 is 10.2 Å². The summed E-state index contributed by atoms with van der Waals surface area (Å²) in [5.41, 5.74) is 0.952. The summed E-state index contributed by atoms with van der Waals surface area (Å²) in [7, 11) is 2.09. The van der Waals surface area contributed by atoms with Gasteiger partial charge in [-0.2, -0.15) is 0 Å². The van der Waals surface area contributed by atoms with Gasteiger partial charge in [-0.1, -0.05) is 13.8 Å². The second kappa shape index (κ2) is 7.02. The molecule has 1 aliphatic rings. The summed E-state index contributed by atoms with van der Waals surface area (Å²) in [5, 5.41) is 3.26. The van der Waals surface area contributed by atoms with Crippen LogP contribution in [0.2, 0.25) is 0 Å². The van der Waals surface area contributed by atoms with Gasteiger partial charge in [0.15, 0.2) is 0 Å². The van der Waals surface area contributed by atoms with Crippen LogP contribution in [0.5, 0.6) is 0 Å². The Bertz CT molecular complexity index is 428. The summed E-state index contributed by atoms with van der Waals surface area (Å²) in [5.74, 6) is 1.50. The molecule has 1 fully saturated rings. The Morgan fingerprint density at radius 3 is 2.70 bits per heavy atom. The number of halogens is 1. The molecule has 0 spiro atoms. The third-order valence-electron chi connectivity index (χ3n) is 4.34. The first kappa shape index (κ1) is 15.2. The highest BCUT2D eigenvalue weighted by Gasteiger charge is 2.24. The molecule has 1 heterocycles. The normalized spacial score (nSPS) is 22.8. The van der Waals surface area contributed by atoms with E-state index in [4.69, 9.17) is 0 Å². The van der Waals surface area contributed by atoms with E-state index in [-0.39, 0.29) is 5.82 Å². The molecule has 1 aliphatic carbocycles. The Labute approximate surface area is 121 Å². The molecule has 0 atom stereocenters. The van der Waals surface area contributed by atoms with Crippen molar-refractivity contribution in [2.24, 2.45) is 5.92 Å². The molecule has 20 heavy (non-hydrogen) atoms. The van der Waals surface area contributed by atoms with Gasteiger partial charge in [0.1, 0.15) is 11.6 Å². The molecular weight excluding hydrogens is 253 g/mol. The van der Waals surface area contributed by atoms with Crippen molar-refractivity contribution in [3.63, 3.8) is 0 Å². The van der Waals surface area contributed by atoms with Gasteiger partial charge in [-0.3, -0.25) is 0 Å². The van der Waals surface area contributed by atoms with Crippen LogP contribution in [0.25, 0.3) is 0 Å². The molecule has 112 valence electrons. The number of anilines is 1. The zero-order valence-corrected chi connectivity index (χ0v) is 12.8. The lowest BCUT2D eigenvalue weighted by molar-refractivity contribution is 0.339. The van der Waals surface area contributed by atoms with Gasteiger partial charge in [0.2, 0.25) is 0 Å². The SMILES string of the molecule is CCNCc1cc(F)cnc1N(C)C1CCC(C)CC1. The first-order valence-electron chi connectivity index (χ1n) is 7.69. The Hall–Kier alpha value is -1.16. The number of nitrogens with one attached hydrogen (secondary N) is 1. The van der Waals surface area contributed by atoms with Crippen LogP contribution in [-0.4, -0.2) is 24.6 Å². The largest absolute Gasteiger partial charge is 0.356 e. The van der Waals surface area contributed by atoms with Crippen molar-refractivity contribution in [1.29, 1.82) is 0 Å². The summed E-state index contributed by atoms with van der Waals surface area (Å²) < 4.78 is 13.4. The summed E-state index contributed by atoms with van der Waals surface area (Å²) in [6, 6.07) is 2.14. The summed E-state index contributed by atoms with van der Waals surface area (Å²) in [4.78, 5) is 6.58. The highest BCUT2D eigenvalue weighted by Crippen LogP contribution is 2.30. The van der Waals surface area contributed by atoms with Gasteiger partial charge in [0.25, 0.3) is 0 Å². The molecule has 1 aromatic rings. The van der Waals surface area contributed by atoms with Gasteiger partial charge in [-0.05, 0) is 44.2 Å². The van der Waals surface area contributed by atoms with E-state index < -0.39 is 0 Å². The van der Waals surface area contributed by atoms with Gasteiger partial charge >= 0.3 is 0 Å². The Morgan fingerprint density at radius 1 is 1.35 bits per heavy atom. The highest BCUT2D eigenvalue weighted by molar-refractivity contribution is 5.47. The number of hydrogen-bond acceptors (Lipinski definition) is 3. The van der Waals surface area contributed by atoms with E-state index in [1.54, 1.807) is 6.07 Å². The van der Waals surface area contributed by atoms with Crippen LogP contribution in [0.1, 0.15) is 45.1 Å². The maximum absolute atomic E-state index is 13.4. The molecule has 1 aromatic heterocycles. The van der Waals surface area contributed by atoms with Crippen molar-refractivity contribution in [1.82, 2.24) is 10.3 Å². The van der Waals surface area contributed by atoms with Crippen LogP contribution >= 0.6 is 0 Å². The van der Waals surface area contributed by atoms with Crippen molar-refractivity contribution >= 4 is 5.82 Å². The molecular formula is C16H26FN3. The van der Waals surface area contributed by atoms with E-state index in [1.165, 1.54) is 31.9 Å². The first-order valence-corrected chi connectivity index (χ1v) is 7.69. The van der Waals surface area contributed by atoms with Gasteiger partial charge < -0.3 is 10.2 Å². The van der Waals surface area contributed by atoms with Crippen LogP contribution in [-0.2, 0) is 6.54 Å². The van der Waals surface area contributed by atoms with E-state index >= 15 is 0 Å². The molecule has 0 unspecified atom stereocenters. The predicted octanol–water partition coefficient (Wildman–Crippen LogP) is 3.35. The minimum atomic E-state index is -0.257. The van der Waals surface area contributed by atoms with Crippen LogP contribution in [0.3, 0.4) is 0 Å². The first-order chi connectivity index (χ1) is 9.61. The minimum absolute atomic E-state index is 0.257. The molecule has 2 rings (SSSR count). The fourth-order valence-electron chi connectivity index (χ4n) is 2.98. The van der Waals surface area contributed by atoms with Gasteiger partial charge in [0.05, 0.1) is 6.20 Å². The zero-order chi connectivity index (χ0) is 14.5. The number of rotatable bonds is 5. The lowest BCUT2D eigenvalue weighted by Crippen LogP contribution is -2.36. The molecule has 0 bridgehead atoms. The Balaban J connectivity index is 2.13. The van der Waals surface area contributed by atoms with Crippen molar-refractivity contribution < 1.29 is 4.39 Å². The maximum Gasteiger partial charge on any atom is 0.141 e. The van der Waals surface area contributed by atoms with Crippen LogP contribution in [0, 0.1) is 11.7 Å². The third-order valence-corrected chi connectivity index (χ3v) is 4.34. The van der Waals surface area contributed by atoms with Gasteiger partial charge in [-0.15, -0.1) is 0 Å². The van der Waals surface area contributed by atoms with E-state index in [0.717, 1.165) is 23.8 Å². The Kier molecular flexibility index (Phi) is 5.35. The number of aromatic nitrogens is 1. The van der Waals surface area contributed by atoms with Crippen molar-refractivity contribution in [2.45, 2.75) is 52.1 Å². The summed E-state index contributed by atoms with van der Waals surface area (Å²) in [6.07, 6.45) is 6.29. The summed E-state index contributed by atoms with van der Waals surface area (Å²) >= 11 is 0. The predicted molar refractivity (Wildman–Crippen MR) is 81.4 cm³/mol. The van der Waals surface area contributed by atoms with E-state index in [2.05, 4.69) is 36.1 Å². The van der Waals surface area contributed by atoms with Gasteiger partial charge in [0, 0.05) is 25.2 Å². The monoisotopic (exact) mass is 279 g/mol. The minimum Gasteiger partial charge on any atom is -0.356 e. The molecule has 0 aromatic carbocycles. The van der Waals surface area contributed by atoms with Crippen molar-refractivity contribution in [3.05, 3.63) is 23.6 Å². The maximum atomic E-state index is 13.4. The molecule has 0 saturated heterocycles. The second-order valence-corrected chi connectivity index (χ2v) is 5.94. The molecule has 1 saturated carbocycles. The standard InChI is InChI=1S/C16H26FN3/c1-4-18-10-13-9-14(17)11-19-16(13)20(3)15-7-5-12(2)6-8-15/h9,11-12,15,18H,4-8,10H2,1-3H3. The second-order valence-electron chi connectivity index (χ2n) is 5.94. The van der Waals surface area contributed by atoms with Crippen molar-refractivity contribution in [3.8, 4) is 0 Å². The van der Waals surface area contributed by atoms with E-state index in [1.807, 2.05) is 0 Å². The molecule has 0 aliphatic heterocycles. The molecule has 0 amide bonds. The zero-order valence-electron chi connectivity index (χ0n) is 12.8. The van der Waals surface area contributed by atoms with E-state index in [9.17, 15) is 4.39 Å². The average molecular weight is 279 g/mol. The highest BCUT2D eigenvalue weighted by atomic mass is 19.1. The van der Waals surface area contributed by atoms with Gasteiger partial charge in [-0.25, -0.2) is 9.37 Å². The van der Waals surface area contributed by atoms with E-state index in [0.29, 0.717) is 12.6 Å². The topological polar surface area (TPSA) is 28.2 Å². The Morgan fingerprint density at radius 2 is 2.05 bits per heavy atom. The number of pyridine rings is 1. The van der Waals surface area contributed by atoms with Crippen molar-refractivity contribution in [2.75, 3.05) is 18.5 Å². The summed E-state index contributed by atoms with van der Waals surface area (Å²) in [6.45, 7) is 5.92. The van der Waals surface area contributed by atoms with Crippen LogP contribution in [0.15, 0.2) is 12.3 Å². The smallest absolute Gasteiger partial charge is 0.141 e. The quantitative estimate of drug-likeness (QED) is 0.896. The lowest BCUT2D eigenvalue weighted by Gasteiger charge is -2.35.